The Morgan fingerprint density at radius 3 is 2.42 bits per heavy atom. The average molecular weight is 355 g/mol. The van der Waals surface area contributed by atoms with Crippen LogP contribution in [0.2, 0.25) is 0 Å². The van der Waals surface area contributed by atoms with Gasteiger partial charge >= 0.3 is 6.09 Å². The van der Waals surface area contributed by atoms with E-state index in [-0.39, 0.29) is 11.2 Å². The van der Waals surface area contributed by atoms with Crippen LogP contribution in [0.4, 0.5) is 9.18 Å². The molecule has 1 aliphatic carbocycles. The standard InChI is InChI=1S/C22H26FNO2/c1-21(2,3)26-20(25)24-15-22(13-16-7-5-4-6-8-16)14-19(22)17-9-11-18(23)12-10-17/h4-12,19H,13-15H2,1-3H3,(H,24,25)/t19-,22+/m1/s1. The number of rotatable bonds is 5. The van der Waals surface area contributed by atoms with Crippen molar-refractivity contribution in [3.63, 3.8) is 0 Å². The van der Waals surface area contributed by atoms with Crippen molar-refractivity contribution < 1.29 is 13.9 Å². The summed E-state index contributed by atoms with van der Waals surface area (Å²) in [5, 5.41) is 2.94. The van der Waals surface area contributed by atoms with Gasteiger partial charge in [-0.1, -0.05) is 42.5 Å². The van der Waals surface area contributed by atoms with Gasteiger partial charge in [0.15, 0.2) is 0 Å². The highest BCUT2D eigenvalue weighted by Crippen LogP contribution is 2.60. The van der Waals surface area contributed by atoms with Gasteiger partial charge in [-0.15, -0.1) is 0 Å². The van der Waals surface area contributed by atoms with Crippen molar-refractivity contribution in [3.05, 3.63) is 71.5 Å². The summed E-state index contributed by atoms with van der Waals surface area (Å²) in [4.78, 5) is 12.1. The number of nitrogens with one attached hydrogen (secondary N) is 1. The second-order valence-corrected chi connectivity index (χ2v) is 8.19. The second kappa shape index (κ2) is 7.10. The molecule has 2 aromatic rings. The fourth-order valence-corrected chi connectivity index (χ4v) is 3.53. The first kappa shape index (κ1) is 18.4. The Morgan fingerprint density at radius 1 is 1.15 bits per heavy atom. The number of hydrogen-bond acceptors (Lipinski definition) is 2. The third kappa shape index (κ3) is 4.63. The van der Waals surface area contributed by atoms with Crippen LogP contribution in [-0.2, 0) is 11.2 Å². The molecule has 0 aliphatic heterocycles. The monoisotopic (exact) mass is 355 g/mol. The third-order valence-corrected chi connectivity index (χ3v) is 4.84. The maximum Gasteiger partial charge on any atom is 0.407 e. The third-order valence-electron chi connectivity index (χ3n) is 4.84. The van der Waals surface area contributed by atoms with Crippen molar-refractivity contribution in [2.24, 2.45) is 5.41 Å². The quantitative estimate of drug-likeness (QED) is 0.813. The number of ether oxygens (including phenoxy) is 1. The molecule has 0 radical (unpaired) electrons. The molecular weight excluding hydrogens is 329 g/mol. The van der Waals surface area contributed by atoms with Gasteiger partial charge in [0, 0.05) is 6.54 Å². The lowest BCUT2D eigenvalue weighted by Crippen LogP contribution is -2.36. The van der Waals surface area contributed by atoms with E-state index in [9.17, 15) is 9.18 Å². The molecule has 0 bridgehead atoms. The van der Waals surface area contributed by atoms with E-state index in [0.717, 1.165) is 18.4 Å². The molecule has 0 saturated heterocycles. The summed E-state index contributed by atoms with van der Waals surface area (Å²) in [6.07, 6.45) is 1.43. The molecule has 0 spiro atoms. The van der Waals surface area contributed by atoms with E-state index in [1.54, 1.807) is 0 Å². The molecule has 0 unspecified atom stereocenters. The number of carbonyl (C=O) groups is 1. The Kier molecular flexibility index (Phi) is 5.03. The number of amides is 1. The fourth-order valence-electron chi connectivity index (χ4n) is 3.53. The topological polar surface area (TPSA) is 38.3 Å². The molecular formula is C22H26FNO2. The highest BCUT2D eigenvalue weighted by molar-refractivity contribution is 5.67. The van der Waals surface area contributed by atoms with Crippen molar-refractivity contribution in [3.8, 4) is 0 Å². The van der Waals surface area contributed by atoms with Crippen LogP contribution >= 0.6 is 0 Å². The summed E-state index contributed by atoms with van der Waals surface area (Å²) in [5.41, 5.74) is 1.78. The highest BCUT2D eigenvalue weighted by atomic mass is 19.1. The SMILES string of the molecule is CC(C)(C)OC(=O)NC[C@]1(Cc2ccccc2)C[C@@H]1c1ccc(F)cc1. The van der Waals surface area contributed by atoms with Gasteiger partial charge in [-0.05, 0) is 68.2 Å². The number of halogens is 1. The zero-order chi connectivity index (χ0) is 18.8. The lowest BCUT2D eigenvalue weighted by atomic mass is 9.91. The molecule has 0 heterocycles. The van der Waals surface area contributed by atoms with E-state index in [4.69, 9.17) is 4.74 Å². The molecule has 1 aliphatic rings. The van der Waals surface area contributed by atoms with Crippen LogP contribution in [0.1, 0.15) is 44.2 Å². The van der Waals surface area contributed by atoms with Crippen LogP contribution in [0.3, 0.4) is 0 Å². The van der Waals surface area contributed by atoms with Crippen molar-refractivity contribution in [1.29, 1.82) is 0 Å². The second-order valence-electron chi connectivity index (χ2n) is 8.19. The first-order valence-corrected chi connectivity index (χ1v) is 9.04. The van der Waals surface area contributed by atoms with Gasteiger partial charge in [0.25, 0.3) is 0 Å². The molecule has 1 N–H and O–H groups in total. The van der Waals surface area contributed by atoms with Crippen LogP contribution in [0.15, 0.2) is 54.6 Å². The smallest absolute Gasteiger partial charge is 0.407 e. The summed E-state index contributed by atoms with van der Waals surface area (Å²) in [7, 11) is 0. The van der Waals surface area contributed by atoms with E-state index >= 15 is 0 Å². The molecule has 2 aromatic carbocycles. The zero-order valence-electron chi connectivity index (χ0n) is 15.6. The Morgan fingerprint density at radius 2 is 1.81 bits per heavy atom. The number of hydrogen-bond donors (Lipinski definition) is 1. The normalized spacial score (nSPS) is 21.9. The Bertz CT molecular complexity index is 752. The van der Waals surface area contributed by atoms with Gasteiger partial charge in [0.2, 0.25) is 0 Å². The van der Waals surface area contributed by atoms with Crippen molar-refractivity contribution in [2.75, 3.05) is 6.54 Å². The molecule has 3 nitrogen and oxygen atoms in total. The minimum atomic E-state index is -0.517. The van der Waals surface area contributed by atoms with Gasteiger partial charge in [-0.2, -0.15) is 0 Å². The first-order valence-electron chi connectivity index (χ1n) is 9.04. The van der Waals surface area contributed by atoms with E-state index in [0.29, 0.717) is 12.5 Å². The fraction of sp³-hybridized carbons (Fsp3) is 0.409. The summed E-state index contributed by atoms with van der Waals surface area (Å²) < 4.78 is 18.6. The molecule has 4 heteroatoms. The minimum Gasteiger partial charge on any atom is -0.444 e. The maximum atomic E-state index is 13.2. The maximum absolute atomic E-state index is 13.2. The van der Waals surface area contributed by atoms with Crippen LogP contribution in [-0.4, -0.2) is 18.2 Å². The average Bonchev–Trinajstić information content (AvgIpc) is 3.27. The van der Waals surface area contributed by atoms with E-state index in [1.807, 2.05) is 51.1 Å². The summed E-state index contributed by atoms with van der Waals surface area (Å²) in [5.74, 6) is 0.0770. The lowest BCUT2D eigenvalue weighted by Gasteiger charge is -2.23. The van der Waals surface area contributed by atoms with E-state index < -0.39 is 11.7 Å². The number of alkyl carbamates (subject to hydrolysis) is 1. The van der Waals surface area contributed by atoms with Crippen LogP contribution in [0.5, 0.6) is 0 Å². The number of benzene rings is 2. The molecule has 0 aromatic heterocycles. The predicted molar refractivity (Wildman–Crippen MR) is 101 cm³/mol. The first-order chi connectivity index (χ1) is 12.3. The van der Waals surface area contributed by atoms with Gasteiger partial charge in [0.1, 0.15) is 11.4 Å². The molecule has 1 saturated carbocycles. The lowest BCUT2D eigenvalue weighted by molar-refractivity contribution is 0.0515. The van der Waals surface area contributed by atoms with Gasteiger partial charge in [-0.25, -0.2) is 9.18 Å². The summed E-state index contributed by atoms with van der Waals surface area (Å²) >= 11 is 0. The Labute approximate surface area is 154 Å². The number of carbonyl (C=O) groups excluding carboxylic acids is 1. The zero-order valence-corrected chi connectivity index (χ0v) is 15.6. The Balaban J connectivity index is 1.73. The van der Waals surface area contributed by atoms with Crippen molar-refractivity contribution >= 4 is 6.09 Å². The van der Waals surface area contributed by atoms with Gasteiger partial charge in [-0.3, -0.25) is 0 Å². The van der Waals surface area contributed by atoms with Crippen LogP contribution in [0, 0.1) is 11.2 Å². The highest BCUT2D eigenvalue weighted by Gasteiger charge is 2.54. The molecule has 2 atom stereocenters. The molecule has 26 heavy (non-hydrogen) atoms. The molecule has 1 fully saturated rings. The van der Waals surface area contributed by atoms with E-state index in [1.165, 1.54) is 17.7 Å². The molecule has 1 amide bonds. The van der Waals surface area contributed by atoms with Crippen LogP contribution < -0.4 is 5.32 Å². The van der Waals surface area contributed by atoms with Crippen molar-refractivity contribution in [2.45, 2.75) is 45.1 Å². The van der Waals surface area contributed by atoms with Crippen LogP contribution in [0.25, 0.3) is 0 Å². The van der Waals surface area contributed by atoms with E-state index in [2.05, 4.69) is 17.4 Å². The largest absolute Gasteiger partial charge is 0.444 e. The summed E-state index contributed by atoms with van der Waals surface area (Å²) in [6.45, 7) is 6.10. The minimum absolute atomic E-state index is 0.0594. The summed E-state index contributed by atoms with van der Waals surface area (Å²) in [6, 6.07) is 17.0. The van der Waals surface area contributed by atoms with Gasteiger partial charge < -0.3 is 10.1 Å². The molecule has 138 valence electrons. The van der Waals surface area contributed by atoms with Crippen molar-refractivity contribution in [1.82, 2.24) is 5.32 Å². The Hall–Kier alpha value is -2.36. The predicted octanol–water partition coefficient (Wildman–Crippen LogP) is 5.07. The van der Waals surface area contributed by atoms with Gasteiger partial charge in [0.05, 0.1) is 0 Å². The molecule has 3 rings (SSSR count).